The average molecular weight is 122 g/mol. The van der Waals surface area contributed by atoms with Gasteiger partial charge in [-0.15, -0.1) is 0 Å². The summed E-state index contributed by atoms with van der Waals surface area (Å²) in [6, 6.07) is 0. The van der Waals surface area contributed by atoms with Crippen molar-refractivity contribution in [1.82, 2.24) is 0 Å². The van der Waals surface area contributed by atoms with Crippen LogP contribution < -0.4 is 0 Å². The summed E-state index contributed by atoms with van der Waals surface area (Å²) in [5.41, 5.74) is 0.907. The average Bonchev–Trinajstić information content (AvgIpc) is 1.88. The largest absolute Gasteiger partial charge is 0.298 e. The van der Waals surface area contributed by atoms with Crippen molar-refractivity contribution in [1.29, 1.82) is 0 Å². The molecule has 1 heteroatoms. The van der Waals surface area contributed by atoms with Gasteiger partial charge >= 0.3 is 0 Å². The quantitative estimate of drug-likeness (QED) is 0.484. The fourth-order valence-corrected chi connectivity index (χ4v) is 0.964. The van der Waals surface area contributed by atoms with Crippen LogP contribution in [0.2, 0.25) is 0 Å². The normalized spacial score (nSPS) is 25.4. The van der Waals surface area contributed by atoms with E-state index in [1.54, 1.807) is 0 Å². The van der Waals surface area contributed by atoms with Gasteiger partial charge in [0.25, 0.3) is 0 Å². The van der Waals surface area contributed by atoms with Crippen molar-refractivity contribution in [3.63, 3.8) is 0 Å². The molecule has 1 unspecified atom stereocenters. The molecule has 0 bridgehead atoms. The molecule has 0 amide bonds. The third kappa shape index (κ3) is 1.53. The summed E-state index contributed by atoms with van der Waals surface area (Å²) in [4.78, 5) is 10.2. The summed E-state index contributed by atoms with van der Waals surface area (Å²) in [5, 5.41) is 0. The topological polar surface area (TPSA) is 17.1 Å². The molecule has 1 atom stereocenters. The first-order valence-electron chi connectivity index (χ1n) is 3.15. The predicted octanol–water partition coefficient (Wildman–Crippen LogP) is 1.71. The minimum atomic E-state index is 0.537. The Kier molecular flexibility index (Phi) is 1.83. The Morgan fingerprint density at radius 3 is 3.00 bits per heavy atom. The molecule has 0 fully saturated rings. The van der Waals surface area contributed by atoms with Gasteiger partial charge in [0.05, 0.1) is 0 Å². The molecule has 1 aliphatic rings. The van der Waals surface area contributed by atoms with Gasteiger partial charge in [-0.05, 0) is 17.9 Å². The van der Waals surface area contributed by atoms with Crippen molar-refractivity contribution in [2.45, 2.75) is 13.3 Å². The second-order valence-corrected chi connectivity index (χ2v) is 2.43. The smallest absolute Gasteiger partial charge is 0.146 e. The van der Waals surface area contributed by atoms with Crippen LogP contribution in [0.25, 0.3) is 0 Å². The van der Waals surface area contributed by atoms with Crippen molar-refractivity contribution >= 4 is 6.29 Å². The summed E-state index contributed by atoms with van der Waals surface area (Å²) in [6.07, 6.45) is 7.75. The molecule has 0 N–H and O–H groups in total. The van der Waals surface area contributed by atoms with E-state index in [0.717, 1.165) is 18.3 Å². The Balaban J connectivity index is 2.65. The maximum Gasteiger partial charge on any atom is 0.146 e. The van der Waals surface area contributed by atoms with Crippen LogP contribution in [0.4, 0.5) is 0 Å². The fraction of sp³-hybridized carbons (Fsp3) is 0.375. The number of allylic oxidation sites excluding steroid dienone is 4. The molecule has 0 aromatic carbocycles. The van der Waals surface area contributed by atoms with Crippen molar-refractivity contribution in [3.8, 4) is 0 Å². The lowest BCUT2D eigenvalue weighted by Crippen LogP contribution is -1.97. The number of hydrogen-bond donors (Lipinski definition) is 0. The Bertz CT molecular complexity index is 165. The lowest BCUT2D eigenvalue weighted by Gasteiger charge is -2.07. The molecule has 1 rings (SSSR count). The molecular formula is C8H10O. The predicted molar refractivity (Wildman–Crippen MR) is 37.1 cm³/mol. The van der Waals surface area contributed by atoms with Crippen molar-refractivity contribution in [2.75, 3.05) is 0 Å². The molecule has 0 saturated heterocycles. The third-order valence-corrected chi connectivity index (χ3v) is 1.46. The van der Waals surface area contributed by atoms with Crippen molar-refractivity contribution in [3.05, 3.63) is 23.8 Å². The second-order valence-electron chi connectivity index (χ2n) is 2.43. The maximum absolute atomic E-state index is 10.2. The van der Waals surface area contributed by atoms with Crippen molar-refractivity contribution < 1.29 is 4.79 Å². The lowest BCUT2D eigenvalue weighted by molar-refractivity contribution is -0.105. The van der Waals surface area contributed by atoms with E-state index in [9.17, 15) is 4.79 Å². The summed E-state index contributed by atoms with van der Waals surface area (Å²) >= 11 is 0. The van der Waals surface area contributed by atoms with Gasteiger partial charge in [-0.3, -0.25) is 4.79 Å². The second kappa shape index (κ2) is 2.62. The van der Waals surface area contributed by atoms with Gasteiger partial charge in [0.2, 0.25) is 0 Å². The highest BCUT2D eigenvalue weighted by Crippen LogP contribution is 2.15. The van der Waals surface area contributed by atoms with Gasteiger partial charge in [0.15, 0.2) is 0 Å². The Hall–Kier alpha value is -0.850. The van der Waals surface area contributed by atoms with E-state index in [2.05, 4.69) is 13.0 Å². The summed E-state index contributed by atoms with van der Waals surface area (Å²) < 4.78 is 0. The van der Waals surface area contributed by atoms with Gasteiger partial charge in [0, 0.05) is 0 Å². The van der Waals surface area contributed by atoms with E-state index in [1.165, 1.54) is 0 Å². The van der Waals surface area contributed by atoms with E-state index in [1.807, 2.05) is 12.2 Å². The van der Waals surface area contributed by atoms with Crippen LogP contribution in [0.1, 0.15) is 13.3 Å². The first kappa shape index (κ1) is 6.27. The maximum atomic E-state index is 10.2. The summed E-state index contributed by atoms with van der Waals surface area (Å²) in [5.74, 6) is 0.537. The molecule has 9 heavy (non-hydrogen) atoms. The standard InChI is InChI=1S/C8H10O/c1-7-3-2-4-8(5-7)6-9/h2-4,6-7H,5H2,1H3. The molecule has 0 aliphatic heterocycles. The Labute approximate surface area is 55.1 Å². The van der Waals surface area contributed by atoms with Crippen LogP contribution in [-0.4, -0.2) is 6.29 Å². The van der Waals surface area contributed by atoms with Crippen LogP contribution in [0.15, 0.2) is 23.8 Å². The first-order valence-corrected chi connectivity index (χ1v) is 3.15. The fourth-order valence-electron chi connectivity index (χ4n) is 0.964. The molecule has 0 radical (unpaired) electrons. The van der Waals surface area contributed by atoms with Crippen LogP contribution in [-0.2, 0) is 4.79 Å². The van der Waals surface area contributed by atoms with E-state index < -0.39 is 0 Å². The van der Waals surface area contributed by atoms with E-state index in [4.69, 9.17) is 0 Å². The zero-order valence-corrected chi connectivity index (χ0v) is 5.50. The molecule has 1 aliphatic carbocycles. The van der Waals surface area contributed by atoms with Crippen LogP contribution >= 0.6 is 0 Å². The number of carbonyl (C=O) groups excluding carboxylic acids is 1. The van der Waals surface area contributed by atoms with Crippen LogP contribution in [0, 0.1) is 5.92 Å². The molecule has 0 spiro atoms. The first-order chi connectivity index (χ1) is 4.33. The van der Waals surface area contributed by atoms with E-state index in [-0.39, 0.29) is 0 Å². The van der Waals surface area contributed by atoms with Gasteiger partial charge in [0.1, 0.15) is 6.29 Å². The zero-order chi connectivity index (χ0) is 6.69. The molecular weight excluding hydrogens is 112 g/mol. The third-order valence-electron chi connectivity index (χ3n) is 1.46. The summed E-state index contributed by atoms with van der Waals surface area (Å²) in [7, 11) is 0. The summed E-state index contributed by atoms with van der Waals surface area (Å²) in [6.45, 7) is 2.10. The van der Waals surface area contributed by atoms with Crippen LogP contribution in [0.3, 0.4) is 0 Å². The highest BCUT2D eigenvalue weighted by molar-refractivity contribution is 5.74. The number of rotatable bonds is 1. The molecule has 1 nitrogen and oxygen atoms in total. The number of hydrogen-bond acceptors (Lipinski definition) is 1. The minimum absolute atomic E-state index is 0.537. The van der Waals surface area contributed by atoms with Gasteiger partial charge in [-0.25, -0.2) is 0 Å². The van der Waals surface area contributed by atoms with Gasteiger partial charge < -0.3 is 0 Å². The SMILES string of the molecule is CC1C=CC=C(C=O)C1. The number of aldehydes is 1. The Morgan fingerprint density at radius 2 is 2.56 bits per heavy atom. The molecule has 0 saturated carbocycles. The highest BCUT2D eigenvalue weighted by atomic mass is 16.1. The molecule has 0 heterocycles. The zero-order valence-electron chi connectivity index (χ0n) is 5.50. The molecule has 48 valence electrons. The monoisotopic (exact) mass is 122 g/mol. The lowest BCUT2D eigenvalue weighted by atomic mass is 9.97. The van der Waals surface area contributed by atoms with E-state index in [0.29, 0.717) is 5.92 Å². The Morgan fingerprint density at radius 1 is 1.78 bits per heavy atom. The molecule has 0 aromatic heterocycles. The van der Waals surface area contributed by atoms with Gasteiger partial charge in [-0.1, -0.05) is 25.2 Å². The van der Waals surface area contributed by atoms with E-state index >= 15 is 0 Å². The molecule has 0 aromatic rings. The van der Waals surface area contributed by atoms with Crippen LogP contribution in [0.5, 0.6) is 0 Å². The minimum Gasteiger partial charge on any atom is -0.298 e. The van der Waals surface area contributed by atoms with Gasteiger partial charge in [-0.2, -0.15) is 0 Å². The number of carbonyl (C=O) groups is 1. The van der Waals surface area contributed by atoms with Crippen molar-refractivity contribution in [2.24, 2.45) is 5.92 Å². The highest BCUT2D eigenvalue weighted by Gasteiger charge is 2.03.